The van der Waals surface area contributed by atoms with Crippen molar-refractivity contribution >= 4 is 11.8 Å². The van der Waals surface area contributed by atoms with E-state index in [-0.39, 0.29) is 24.9 Å². The van der Waals surface area contributed by atoms with Gasteiger partial charge in [-0.05, 0) is 43.7 Å². The molecular weight excluding hydrogens is 361 g/mol. The molecule has 1 saturated heterocycles. The van der Waals surface area contributed by atoms with Crippen molar-refractivity contribution in [2.24, 2.45) is 5.92 Å². The number of hydrogen-bond donors (Lipinski definition) is 1. The zero-order chi connectivity index (χ0) is 19.9. The van der Waals surface area contributed by atoms with E-state index < -0.39 is 12.1 Å². The van der Waals surface area contributed by atoms with Crippen molar-refractivity contribution < 1.29 is 27.5 Å². The number of carbonyl (C=O) groups is 2. The number of benzene rings is 1. The maximum absolute atomic E-state index is 12.4. The number of nitrogens with one attached hydrogen (secondary N) is 1. The Hall–Kier alpha value is -2.25. The molecule has 1 aliphatic rings. The average Bonchev–Trinajstić information content (AvgIpc) is 2.64. The molecule has 5 nitrogen and oxygen atoms in total. The van der Waals surface area contributed by atoms with Gasteiger partial charge in [-0.15, -0.1) is 0 Å². The Morgan fingerprint density at radius 1 is 1.22 bits per heavy atom. The minimum absolute atomic E-state index is 0.0726. The molecular formula is C19H25F3N2O3. The first-order valence-electron chi connectivity index (χ1n) is 9.08. The molecule has 1 N–H and O–H groups in total. The van der Waals surface area contributed by atoms with Crippen molar-refractivity contribution in [3.63, 3.8) is 0 Å². The first-order chi connectivity index (χ1) is 12.8. The first kappa shape index (κ1) is 21.1. The summed E-state index contributed by atoms with van der Waals surface area (Å²) < 4.78 is 42.8. The van der Waals surface area contributed by atoms with E-state index in [1.165, 1.54) is 0 Å². The summed E-state index contributed by atoms with van der Waals surface area (Å²) in [6.07, 6.45) is -2.99. The predicted octanol–water partition coefficient (Wildman–Crippen LogP) is 3.07. The van der Waals surface area contributed by atoms with Crippen LogP contribution in [0.1, 0.15) is 31.2 Å². The summed E-state index contributed by atoms with van der Waals surface area (Å²) in [7, 11) is 0. The molecule has 0 radical (unpaired) electrons. The minimum atomic E-state index is -4.82. The fourth-order valence-corrected chi connectivity index (χ4v) is 3.00. The first-order valence-corrected chi connectivity index (χ1v) is 9.08. The summed E-state index contributed by atoms with van der Waals surface area (Å²) in [4.78, 5) is 23.9. The highest BCUT2D eigenvalue weighted by atomic mass is 19.4. The van der Waals surface area contributed by atoms with E-state index >= 15 is 0 Å². The molecule has 27 heavy (non-hydrogen) atoms. The number of aryl methyl sites for hydroxylation is 1. The molecule has 0 aromatic heterocycles. The fraction of sp³-hybridized carbons (Fsp3) is 0.579. The number of hydrogen-bond acceptors (Lipinski definition) is 3. The van der Waals surface area contributed by atoms with Crippen molar-refractivity contribution in [1.82, 2.24) is 10.2 Å². The number of alkyl halides is 3. The van der Waals surface area contributed by atoms with Crippen molar-refractivity contribution in [3.05, 3.63) is 29.8 Å². The smallest absolute Gasteiger partial charge is 0.471 e. The second-order valence-electron chi connectivity index (χ2n) is 6.75. The Morgan fingerprint density at radius 3 is 2.52 bits per heavy atom. The zero-order valence-corrected chi connectivity index (χ0v) is 15.3. The quantitative estimate of drug-likeness (QED) is 0.733. The maximum atomic E-state index is 12.4. The third-order valence-electron chi connectivity index (χ3n) is 4.63. The van der Waals surface area contributed by atoms with Crippen LogP contribution in [-0.4, -0.2) is 49.1 Å². The Labute approximate surface area is 156 Å². The normalized spacial score (nSPS) is 15.5. The summed E-state index contributed by atoms with van der Waals surface area (Å²) in [5, 5.41) is 2.82. The molecule has 1 aliphatic heterocycles. The van der Waals surface area contributed by atoms with Crippen molar-refractivity contribution in [3.8, 4) is 5.75 Å². The van der Waals surface area contributed by atoms with Crippen molar-refractivity contribution in [1.29, 1.82) is 0 Å². The van der Waals surface area contributed by atoms with E-state index in [1.54, 1.807) is 0 Å². The van der Waals surface area contributed by atoms with Gasteiger partial charge in [-0.3, -0.25) is 9.59 Å². The van der Waals surface area contributed by atoms with E-state index in [0.29, 0.717) is 38.8 Å². The predicted molar refractivity (Wildman–Crippen MR) is 94.3 cm³/mol. The van der Waals surface area contributed by atoms with Gasteiger partial charge in [0.1, 0.15) is 5.75 Å². The Bertz CT molecular complexity index is 641. The van der Waals surface area contributed by atoms with Crippen LogP contribution in [0.3, 0.4) is 0 Å². The number of halogens is 3. The number of ether oxygens (including phenoxy) is 1. The van der Waals surface area contributed by atoms with Gasteiger partial charge in [0.15, 0.2) is 0 Å². The molecule has 0 spiro atoms. The third-order valence-corrected chi connectivity index (χ3v) is 4.63. The third kappa shape index (κ3) is 6.77. The molecule has 8 heteroatoms. The van der Waals surface area contributed by atoms with Crippen LogP contribution in [0.15, 0.2) is 24.3 Å². The second-order valence-corrected chi connectivity index (χ2v) is 6.75. The van der Waals surface area contributed by atoms with E-state index in [9.17, 15) is 22.8 Å². The summed E-state index contributed by atoms with van der Waals surface area (Å²) in [5.74, 6) is -0.983. The second kappa shape index (κ2) is 9.62. The molecule has 0 unspecified atom stereocenters. The largest absolute Gasteiger partial charge is 0.493 e. The lowest BCUT2D eigenvalue weighted by molar-refractivity contribution is -0.186. The van der Waals surface area contributed by atoms with Gasteiger partial charge in [0.05, 0.1) is 6.61 Å². The fourth-order valence-electron chi connectivity index (χ4n) is 3.00. The van der Waals surface area contributed by atoms with E-state index in [0.717, 1.165) is 16.2 Å². The molecule has 150 valence electrons. The number of piperidine rings is 1. The van der Waals surface area contributed by atoms with Crippen LogP contribution in [0.25, 0.3) is 0 Å². The van der Waals surface area contributed by atoms with Gasteiger partial charge >= 0.3 is 12.1 Å². The minimum Gasteiger partial charge on any atom is -0.493 e. The lowest BCUT2D eigenvalue weighted by Crippen LogP contribution is -2.46. The van der Waals surface area contributed by atoms with Crippen molar-refractivity contribution in [2.75, 3.05) is 26.2 Å². The van der Waals surface area contributed by atoms with Gasteiger partial charge in [-0.1, -0.05) is 18.2 Å². The summed E-state index contributed by atoms with van der Waals surface area (Å²) in [6.45, 7) is 2.96. The molecule has 1 heterocycles. The monoisotopic (exact) mass is 386 g/mol. The molecule has 1 aromatic rings. The highest BCUT2D eigenvalue weighted by Gasteiger charge is 2.43. The number of nitrogens with zero attached hydrogens (tertiary/aromatic N) is 1. The van der Waals surface area contributed by atoms with Crippen LogP contribution in [0.4, 0.5) is 13.2 Å². The highest BCUT2D eigenvalue weighted by Crippen LogP contribution is 2.23. The molecule has 0 atom stereocenters. The van der Waals surface area contributed by atoms with Crippen molar-refractivity contribution in [2.45, 2.75) is 38.8 Å². The van der Waals surface area contributed by atoms with E-state index in [2.05, 4.69) is 5.32 Å². The zero-order valence-electron chi connectivity index (χ0n) is 15.3. The topological polar surface area (TPSA) is 58.6 Å². The summed E-state index contributed by atoms with van der Waals surface area (Å²) in [5.41, 5.74) is 1.04. The number of amides is 2. The molecule has 0 saturated carbocycles. The van der Waals surface area contributed by atoms with Crippen LogP contribution in [0.5, 0.6) is 5.75 Å². The molecule has 1 fully saturated rings. The number of para-hydroxylation sites is 1. The van der Waals surface area contributed by atoms with Crippen LogP contribution in [-0.2, 0) is 9.59 Å². The standard InChI is InChI=1S/C19H25F3N2O3/c1-14-5-2-3-6-16(14)27-12-4-7-17(25)23-13-15-8-10-24(11-9-15)18(26)19(20,21)22/h2-3,5-6,15H,4,7-13H2,1H3,(H,23,25). The maximum Gasteiger partial charge on any atom is 0.471 e. The number of rotatable bonds is 7. The number of likely N-dealkylation sites (tertiary alicyclic amines) is 1. The van der Waals surface area contributed by atoms with Crippen LogP contribution >= 0.6 is 0 Å². The average molecular weight is 386 g/mol. The van der Waals surface area contributed by atoms with Crippen LogP contribution < -0.4 is 10.1 Å². The van der Waals surface area contributed by atoms with Gasteiger partial charge in [-0.2, -0.15) is 13.2 Å². The molecule has 1 aromatic carbocycles. The van der Waals surface area contributed by atoms with Gasteiger partial charge in [0.2, 0.25) is 5.91 Å². The Morgan fingerprint density at radius 2 is 1.89 bits per heavy atom. The Balaban J connectivity index is 1.59. The summed E-state index contributed by atoms with van der Waals surface area (Å²) in [6, 6.07) is 7.66. The Kier molecular flexibility index (Phi) is 7.50. The van der Waals surface area contributed by atoms with Gasteiger partial charge in [0.25, 0.3) is 0 Å². The molecule has 0 bridgehead atoms. The van der Waals surface area contributed by atoms with Gasteiger partial charge in [-0.25, -0.2) is 0 Å². The number of carbonyl (C=O) groups excluding carboxylic acids is 2. The lowest BCUT2D eigenvalue weighted by atomic mass is 9.96. The van der Waals surface area contributed by atoms with Crippen LogP contribution in [0.2, 0.25) is 0 Å². The molecule has 0 aliphatic carbocycles. The van der Waals surface area contributed by atoms with E-state index in [1.807, 2.05) is 31.2 Å². The molecule has 2 amide bonds. The van der Waals surface area contributed by atoms with Gasteiger partial charge < -0.3 is 15.0 Å². The summed E-state index contributed by atoms with van der Waals surface area (Å²) >= 11 is 0. The highest BCUT2D eigenvalue weighted by molar-refractivity contribution is 5.81. The van der Waals surface area contributed by atoms with Gasteiger partial charge in [0, 0.05) is 26.1 Å². The van der Waals surface area contributed by atoms with Crippen LogP contribution in [0, 0.1) is 12.8 Å². The lowest BCUT2D eigenvalue weighted by Gasteiger charge is -2.32. The van der Waals surface area contributed by atoms with E-state index in [4.69, 9.17) is 4.74 Å². The SMILES string of the molecule is Cc1ccccc1OCCCC(=O)NCC1CCN(C(=O)C(F)(F)F)CC1. The molecule has 2 rings (SSSR count).